The molecule has 3 heteroatoms. The summed E-state index contributed by atoms with van der Waals surface area (Å²) in [6.07, 6.45) is 5.88. The standard InChI is InChI=1S/C14H21NO2/c1-11(16)5-2-3-10-15-13-7-4-6-12(13)8-9-14(15)17/h8-9,11,16H,2-7,10H2,1H3. The molecule has 0 fully saturated rings. The van der Waals surface area contributed by atoms with Crippen LogP contribution < -0.4 is 5.56 Å². The number of fused-ring (bicyclic) bond motifs is 1. The molecule has 1 unspecified atom stereocenters. The summed E-state index contributed by atoms with van der Waals surface area (Å²) in [7, 11) is 0. The molecule has 94 valence electrons. The van der Waals surface area contributed by atoms with Gasteiger partial charge in [-0.2, -0.15) is 0 Å². The third kappa shape index (κ3) is 2.97. The summed E-state index contributed by atoms with van der Waals surface area (Å²) < 4.78 is 1.93. The molecule has 1 aliphatic rings. The Morgan fingerprint density at radius 3 is 2.94 bits per heavy atom. The average molecular weight is 235 g/mol. The first-order chi connectivity index (χ1) is 8.18. The highest BCUT2D eigenvalue weighted by atomic mass is 16.3. The number of aromatic nitrogens is 1. The van der Waals surface area contributed by atoms with Crippen LogP contribution >= 0.6 is 0 Å². The summed E-state index contributed by atoms with van der Waals surface area (Å²) in [4.78, 5) is 11.8. The van der Waals surface area contributed by atoms with E-state index in [4.69, 9.17) is 0 Å². The topological polar surface area (TPSA) is 42.2 Å². The predicted octanol–water partition coefficient (Wildman–Crippen LogP) is 1.89. The van der Waals surface area contributed by atoms with E-state index in [1.807, 2.05) is 17.6 Å². The second kappa shape index (κ2) is 5.50. The molecule has 1 aromatic rings. The van der Waals surface area contributed by atoms with Crippen LogP contribution in [0.3, 0.4) is 0 Å². The first-order valence-corrected chi connectivity index (χ1v) is 6.58. The van der Waals surface area contributed by atoms with Crippen LogP contribution in [0.1, 0.15) is 43.9 Å². The van der Waals surface area contributed by atoms with E-state index in [0.29, 0.717) is 0 Å². The number of aliphatic hydroxyl groups excluding tert-OH is 1. The summed E-state index contributed by atoms with van der Waals surface area (Å²) in [5.74, 6) is 0. The van der Waals surface area contributed by atoms with E-state index in [2.05, 4.69) is 0 Å². The number of aliphatic hydroxyl groups is 1. The molecule has 0 amide bonds. The Morgan fingerprint density at radius 1 is 1.35 bits per heavy atom. The van der Waals surface area contributed by atoms with Crippen molar-refractivity contribution in [1.29, 1.82) is 0 Å². The molecule has 1 aliphatic carbocycles. The summed E-state index contributed by atoms with van der Waals surface area (Å²) in [6, 6.07) is 3.68. The Bertz CT molecular complexity index is 434. The highest BCUT2D eigenvalue weighted by Crippen LogP contribution is 2.20. The van der Waals surface area contributed by atoms with Crippen LogP contribution in [0.15, 0.2) is 16.9 Å². The van der Waals surface area contributed by atoms with Crippen molar-refractivity contribution in [3.8, 4) is 0 Å². The lowest BCUT2D eigenvalue weighted by Gasteiger charge is -2.12. The Labute approximate surface area is 102 Å². The van der Waals surface area contributed by atoms with Crippen molar-refractivity contribution in [3.05, 3.63) is 33.7 Å². The SMILES string of the molecule is CC(O)CCCCn1c2c(ccc1=O)CCC2. The molecule has 1 atom stereocenters. The second-order valence-corrected chi connectivity index (χ2v) is 4.99. The molecular formula is C14H21NO2. The highest BCUT2D eigenvalue weighted by molar-refractivity contribution is 5.25. The van der Waals surface area contributed by atoms with Gasteiger partial charge >= 0.3 is 0 Å². The van der Waals surface area contributed by atoms with Crippen molar-refractivity contribution in [2.75, 3.05) is 0 Å². The van der Waals surface area contributed by atoms with E-state index >= 15 is 0 Å². The fourth-order valence-corrected chi connectivity index (χ4v) is 2.59. The van der Waals surface area contributed by atoms with Gasteiger partial charge in [-0.3, -0.25) is 4.79 Å². The molecule has 0 saturated carbocycles. The molecule has 2 rings (SSSR count). The molecule has 1 N–H and O–H groups in total. The van der Waals surface area contributed by atoms with Gasteiger partial charge in [-0.05, 0) is 51.0 Å². The minimum absolute atomic E-state index is 0.127. The van der Waals surface area contributed by atoms with Crippen molar-refractivity contribution in [1.82, 2.24) is 4.57 Å². The summed E-state index contributed by atoms with van der Waals surface area (Å²) in [5, 5.41) is 9.19. The monoisotopic (exact) mass is 235 g/mol. The third-order valence-corrected chi connectivity index (χ3v) is 3.50. The minimum Gasteiger partial charge on any atom is -0.393 e. The lowest BCUT2D eigenvalue weighted by molar-refractivity contribution is 0.180. The molecule has 17 heavy (non-hydrogen) atoms. The maximum Gasteiger partial charge on any atom is 0.250 e. The molecule has 3 nitrogen and oxygen atoms in total. The van der Waals surface area contributed by atoms with Crippen LogP contribution in [0.4, 0.5) is 0 Å². The van der Waals surface area contributed by atoms with Crippen LogP contribution in [0.5, 0.6) is 0 Å². The maximum absolute atomic E-state index is 11.8. The van der Waals surface area contributed by atoms with Crippen LogP contribution in [0.2, 0.25) is 0 Å². The minimum atomic E-state index is -0.229. The fourth-order valence-electron chi connectivity index (χ4n) is 2.59. The van der Waals surface area contributed by atoms with Gasteiger partial charge in [-0.1, -0.05) is 6.07 Å². The molecular weight excluding hydrogens is 214 g/mol. The molecule has 0 aliphatic heterocycles. The maximum atomic E-state index is 11.8. The van der Waals surface area contributed by atoms with Crippen molar-refractivity contribution in [2.24, 2.45) is 0 Å². The lowest BCUT2D eigenvalue weighted by atomic mass is 10.1. The van der Waals surface area contributed by atoms with Crippen molar-refractivity contribution < 1.29 is 5.11 Å². The van der Waals surface area contributed by atoms with Gasteiger partial charge in [-0.25, -0.2) is 0 Å². The molecule has 1 heterocycles. The quantitative estimate of drug-likeness (QED) is 0.792. The van der Waals surface area contributed by atoms with Gasteiger partial charge < -0.3 is 9.67 Å². The fraction of sp³-hybridized carbons (Fsp3) is 0.643. The lowest BCUT2D eigenvalue weighted by Crippen LogP contribution is -2.22. The number of pyridine rings is 1. The summed E-state index contributed by atoms with van der Waals surface area (Å²) >= 11 is 0. The van der Waals surface area contributed by atoms with Gasteiger partial charge in [0, 0.05) is 18.3 Å². The smallest absolute Gasteiger partial charge is 0.250 e. The molecule has 0 spiro atoms. The van der Waals surface area contributed by atoms with Gasteiger partial charge in [0.1, 0.15) is 0 Å². The zero-order valence-electron chi connectivity index (χ0n) is 10.5. The van der Waals surface area contributed by atoms with E-state index in [1.165, 1.54) is 17.7 Å². The Morgan fingerprint density at radius 2 is 2.18 bits per heavy atom. The van der Waals surface area contributed by atoms with Gasteiger partial charge in [0.05, 0.1) is 6.10 Å². The first-order valence-electron chi connectivity index (χ1n) is 6.58. The first kappa shape index (κ1) is 12.4. The summed E-state index contributed by atoms with van der Waals surface area (Å²) in [5.41, 5.74) is 2.72. The van der Waals surface area contributed by atoms with Gasteiger partial charge in [0.2, 0.25) is 0 Å². The molecule has 0 aromatic carbocycles. The molecule has 0 saturated heterocycles. The predicted molar refractivity (Wildman–Crippen MR) is 68.3 cm³/mol. The van der Waals surface area contributed by atoms with E-state index in [-0.39, 0.29) is 11.7 Å². The Kier molecular flexibility index (Phi) is 4.00. The highest BCUT2D eigenvalue weighted by Gasteiger charge is 2.15. The van der Waals surface area contributed by atoms with Gasteiger partial charge in [0.25, 0.3) is 5.56 Å². The number of rotatable bonds is 5. The van der Waals surface area contributed by atoms with Crippen molar-refractivity contribution in [2.45, 2.75) is 58.1 Å². The second-order valence-electron chi connectivity index (χ2n) is 4.99. The Balaban J connectivity index is 2.01. The number of unbranched alkanes of at least 4 members (excludes halogenated alkanes) is 1. The molecule has 0 bridgehead atoms. The normalized spacial score (nSPS) is 15.9. The van der Waals surface area contributed by atoms with Crippen molar-refractivity contribution >= 4 is 0 Å². The third-order valence-electron chi connectivity index (χ3n) is 3.50. The zero-order valence-corrected chi connectivity index (χ0v) is 10.5. The van der Waals surface area contributed by atoms with E-state index in [1.54, 1.807) is 6.07 Å². The van der Waals surface area contributed by atoms with E-state index in [0.717, 1.165) is 38.6 Å². The van der Waals surface area contributed by atoms with Gasteiger partial charge in [0.15, 0.2) is 0 Å². The Hall–Kier alpha value is -1.09. The molecule has 1 aromatic heterocycles. The number of aryl methyl sites for hydroxylation is 1. The van der Waals surface area contributed by atoms with Gasteiger partial charge in [-0.15, -0.1) is 0 Å². The van der Waals surface area contributed by atoms with E-state index < -0.39 is 0 Å². The zero-order chi connectivity index (χ0) is 12.3. The van der Waals surface area contributed by atoms with Crippen LogP contribution in [0, 0.1) is 0 Å². The number of nitrogens with zero attached hydrogens (tertiary/aromatic N) is 1. The average Bonchev–Trinajstić information content (AvgIpc) is 2.74. The summed E-state index contributed by atoms with van der Waals surface area (Å²) in [6.45, 7) is 2.61. The van der Waals surface area contributed by atoms with Crippen LogP contribution in [0.25, 0.3) is 0 Å². The molecule has 0 radical (unpaired) electrons. The number of hydrogen-bond donors (Lipinski definition) is 1. The van der Waals surface area contributed by atoms with Crippen LogP contribution in [-0.4, -0.2) is 15.8 Å². The van der Waals surface area contributed by atoms with E-state index in [9.17, 15) is 9.90 Å². The van der Waals surface area contributed by atoms with Crippen molar-refractivity contribution in [3.63, 3.8) is 0 Å². The van der Waals surface area contributed by atoms with Crippen LogP contribution in [-0.2, 0) is 19.4 Å². The number of hydrogen-bond acceptors (Lipinski definition) is 2. The largest absolute Gasteiger partial charge is 0.393 e.